The first-order chi connectivity index (χ1) is 10.1. The van der Waals surface area contributed by atoms with Crippen LogP contribution in [0.3, 0.4) is 0 Å². The molecule has 3 rings (SSSR count). The van der Waals surface area contributed by atoms with Crippen molar-refractivity contribution in [2.75, 3.05) is 0 Å². The fraction of sp³-hybridized carbons (Fsp3) is 0.188. The number of rotatable bonds is 3. The summed E-state index contributed by atoms with van der Waals surface area (Å²) in [5.74, 6) is -0.107. The van der Waals surface area contributed by atoms with E-state index in [-0.39, 0.29) is 11.3 Å². The lowest BCUT2D eigenvalue weighted by Gasteiger charge is -2.09. The average Bonchev–Trinajstić information content (AvgIpc) is 2.77. The van der Waals surface area contributed by atoms with E-state index in [1.165, 1.54) is 18.2 Å². The van der Waals surface area contributed by atoms with E-state index in [1.807, 2.05) is 22.8 Å². The van der Waals surface area contributed by atoms with Crippen LogP contribution in [0.25, 0.3) is 22.4 Å². The summed E-state index contributed by atoms with van der Waals surface area (Å²) in [6.07, 6.45) is 0.893. The number of hydrogen-bond donors (Lipinski definition) is 1. The minimum atomic E-state index is -0.471. The molecule has 0 radical (unpaired) electrons. The third-order valence-corrected chi connectivity index (χ3v) is 3.87. The molecule has 0 saturated carbocycles. The molecule has 0 amide bonds. The van der Waals surface area contributed by atoms with Gasteiger partial charge in [0.05, 0.1) is 16.6 Å². The van der Waals surface area contributed by atoms with Gasteiger partial charge in [-0.1, -0.05) is 28.9 Å². The number of fused-ring (bicyclic) bond motifs is 1. The molecule has 0 aliphatic heterocycles. The average molecular weight is 349 g/mol. The van der Waals surface area contributed by atoms with Crippen molar-refractivity contribution in [3.8, 4) is 17.1 Å². The van der Waals surface area contributed by atoms with Gasteiger partial charge in [0.15, 0.2) is 0 Å². The number of aromatic hydroxyl groups is 1. The van der Waals surface area contributed by atoms with Gasteiger partial charge in [-0.05, 0) is 36.8 Å². The van der Waals surface area contributed by atoms with Gasteiger partial charge in [-0.25, -0.2) is 9.37 Å². The predicted octanol–water partition coefficient (Wildman–Crippen LogP) is 4.72. The van der Waals surface area contributed by atoms with Crippen LogP contribution < -0.4 is 0 Å². The monoisotopic (exact) mass is 348 g/mol. The van der Waals surface area contributed by atoms with Crippen molar-refractivity contribution in [3.05, 3.63) is 46.7 Å². The molecule has 0 aliphatic rings. The Morgan fingerprint density at radius 2 is 2.10 bits per heavy atom. The molecule has 1 heterocycles. The lowest BCUT2D eigenvalue weighted by atomic mass is 10.1. The third-order valence-electron chi connectivity index (χ3n) is 3.37. The predicted molar refractivity (Wildman–Crippen MR) is 84.8 cm³/mol. The van der Waals surface area contributed by atoms with Crippen LogP contribution >= 0.6 is 15.9 Å². The Labute approximate surface area is 130 Å². The van der Waals surface area contributed by atoms with Gasteiger partial charge < -0.3 is 9.67 Å². The first kappa shape index (κ1) is 14.1. The van der Waals surface area contributed by atoms with E-state index < -0.39 is 5.82 Å². The highest BCUT2D eigenvalue weighted by Crippen LogP contribution is 2.34. The van der Waals surface area contributed by atoms with Gasteiger partial charge in [0.25, 0.3) is 0 Å². The van der Waals surface area contributed by atoms with E-state index in [4.69, 9.17) is 0 Å². The number of halogens is 2. The molecule has 3 nitrogen and oxygen atoms in total. The molecule has 0 saturated heterocycles. The maximum atomic E-state index is 14.1. The number of aryl methyl sites for hydroxylation is 1. The van der Waals surface area contributed by atoms with Crippen molar-refractivity contribution in [2.24, 2.45) is 0 Å². The van der Waals surface area contributed by atoms with E-state index >= 15 is 0 Å². The van der Waals surface area contributed by atoms with E-state index in [0.29, 0.717) is 12.4 Å². The van der Waals surface area contributed by atoms with E-state index in [9.17, 15) is 9.50 Å². The van der Waals surface area contributed by atoms with Gasteiger partial charge in [0, 0.05) is 11.0 Å². The van der Waals surface area contributed by atoms with E-state index in [2.05, 4.69) is 27.8 Å². The zero-order valence-corrected chi connectivity index (χ0v) is 13.1. The SMILES string of the molecule is CCCn1c(-c2c(O)cccc2F)nc2cc(Br)ccc21. The quantitative estimate of drug-likeness (QED) is 0.743. The summed E-state index contributed by atoms with van der Waals surface area (Å²) in [7, 11) is 0. The smallest absolute Gasteiger partial charge is 0.147 e. The second kappa shape index (κ2) is 5.48. The fourth-order valence-corrected chi connectivity index (χ4v) is 2.83. The topological polar surface area (TPSA) is 38.0 Å². The molecule has 0 bridgehead atoms. The third kappa shape index (κ3) is 2.42. The van der Waals surface area contributed by atoms with Crippen molar-refractivity contribution in [3.63, 3.8) is 0 Å². The van der Waals surface area contributed by atoms with Crippen LogP contribution in [0.1, 0.15) is 13.3 Å². The number of hydrogen-bond acceptors (Lipinski definition) is 2. The van der Waals surface area contributed by atoms with Crippen LogP contribution in [0.5, 0.6) is 5.75 Å². The zero-order chi connectivity index (χ0) is 15.0. The maximum Gasteiger partial charge on any atom is 0.147 e. The summed E-state index contributed by atoms with van der Waals surface area (Å²) < 4.78 is 17.0. The van der Waals surface area contributed by atoms with Crippen molar-refractivity contribution in [2.45, 2.75) is 19.9 Å². The molecule has 21 heavy (non-hydrogen) atoms. The second-order valence-electron chi connectivity index (χ2n) is 4.85. The molecule has 3 aromatic rings. The molecule has 0 fully saturated rings. The minimum Gasteiger partial charge on any atom is -0.507 e. The molecular weight excluding hydrogens is 335 g/mol. The van der Waals surface area contributed by atoms with Gasteiger partial charge >= 0.3 is 0 Å². The number of phenolic OH excluding ortho intramolecular Hbond substituents is 1. The van der Waals surface area contributed by atoms with Crippen molar-refractivity contribution >= 4 is 27.0 Å². The van der Waals surface area contributed by atoms with Crippen molar-refractivity contribution in [1.29, 1.82) is 0 Å². The highest BCUT2D eigenvalue weighted by atomic mass is 79.9. The fourth-order valence-electron chi connectivity index (χ4n) is 2.48. The maximum absolute atomic E-state index is 14.1. The van der Waals surface area contributed by atoms with Gasteiger partial charge in [-0.15, -0.1) is 0 Å². The lowest BCUT2D eigenvalue weighted by molar-refractivity contribution is 0.470. The van der Waals surface area contributed by atoms with Crippen LogP contribution in [0, 0.1) is 5.82 Å². The molecule has 2 aromatic carbocycles. The van der Waals surface area contributed by atoms with Gasteiger partial charge in [-0.3, -0.25) is 0 Å². The summed E-state index contributed by atoms with van der Waals surface area (Å²) in [6.45, 7) is 2.76. The summed E-state index contributed by atoms with van der Waals surface area (Å²) in [5.41, 5.74) is 1.85. The first-order valence-electron chi connectivity index (χ1n) is 6.75. The second-order valence-corrected chi connectivity index (χ2v) is 5.77. The molecule has 1 aromatic heterocycles. The van der Waals surface area contributed by atoms with Crippen LogP contribution in [-0.4, -0.2) is 14.7 Å². The Morgan fingerprint density at radius 3 is 2.81 bits per heavy atom. The Balaban J connectivity index is 2.33. The highest BCUT2D eigenvalue weighted by Gasteiger charge is 2.18. The number of aromatic nitrogens is 2. The Bertz CT molecular complexity index is 793. The van der Waals surface area contributed by atoms with E-state index in [0.717, 1.165) is 21.9 Å². The summed E-state index contributed by atoms with van der Waals surface area (Å²) >= 11 is 3.42. The van der Waals surface area contributed by atoms with Crippen molar-refractivity contribution < 1.29 is 9.50 Å². The van der Waals surface area contributed by atoms with Crippen LogP contribution in [0.2, 0.25) is 0 Å². The number of benzene rings is 2. The summed E-state index contributed by atoms with van der Waals surface area (Å²) in [4.78, 5) is 4.52. The first-order valence-corrected chi connectivity index (χ1v) is 7.54. The zero-order valence-electron chi connectivity index (χ0n) is 11.5. The Morgan fingerprint density at radius 1 is 1.29 bits per heavy atom. The number of phenols is 1. The van der Waals surface area contributed by atoms with Crippen LogP contribution in [-0.2, 0) is 6.54 Å². The van der Waals surface area contributed by atoms with Gasteiger partial charge in [0.1, 0.15) is 17.4 Å². The number of nitrogens with zero attached hydrogens (tertiary/aromatic N) is 2. The normalized spacial score (nSPS) is 11.2. The molecule has 0 spiro atoms. The molecule has 5 heteroatoms. The standard InChI is InChI=1S/C16H14BrFN2O/c1-2-8-20-13-7-6-10(17)9-12(13)19-16(20)15-11(18)4-3-5-14(15)21/h3-7,9,21H,2,8H2,1H3. The van der Waals surface area contributed by atoms with E-state index in [1.54, 1.807) is 0 Å². The van der Waals surface area contributed by atoms with Crippen LogP contribution in [0.15, 0.2) is 40.9 Å². The Hall–Kier alpha value is -1.88. The largest absolute Gasteiger partial charge is 0.507 e. The minimum absolute atomic E-state index is 0.0956. The van der Waals surface area contributed by atoms with Crippen LogP contribution in [0.4, 0.5) is 4.39 Å². The Kier molecular flexibility index (Phi) is 3.68. The summed E-state index contributed by atoms with van der Waals surface area (Å²) in [6, 6.07) is 10.1. The molecule has 0 aliphatic carbocycles. The molecule has 108 valence electrons. The summed E-state index contributed by atoms with van der Waals surface area (Å²) in [5, 5.41) is 10.0. The van der Waals surface area contributed by atoms with Crippen molar-refractivity contribution in [1.82, 2.24) is 9.55 Å². The molecule has 0 atom stereocenters. The number of imidazole rings is 1. The lowest BCUT2D eigenvalue weighted by Crippen LogP contribution is -2.01. The molecule has 1 N–H and O–H groups in total. The van der Waals surface area contributed by atoms with Gasteiger partial charge in [0.2, 0.25) is 0 Å². The highest BCUT2D eigenvalue weighted by molar-refractivity contribution is 9.10. The van der Waals surface area contributed by atoms with Gasteiger partial charge in [-0.2, -0.15) is 0 Å². The molecule has 0 unspecified atom stereocenters. The molecular formula is C16H14BrFN2O.